The molecule has 2 aliphatic heterocycles. The van der Waals surface area contributed by atoms with Gasteiger partial charge in [-0.05, 0) is 31.2 Å². The van der Waals surface area contributed by atoms with E-state index in [0.717, 1.165) is 24.8 Å². The Hall–Kier alpha value is -2.57. The number of nitrogens with zero attached hydrogens (tertiary/aromatic N) is 2. The van der Waals surface area contributed by atoms with Crippen LogP contribution in [0.4, 0.5) is 4.79 Å². The summed E-state index contributed by atoms with van der Waals surface area (Å²) in [6.07, 6.45) is 2.90. The highest BCUT2D eigenvalue weighted by Gasteiger charge is 2.32. The molecule has 28 heavy (non-hydrogen) atoms. The minimum atomic E-state index is -0.342. The smallest absolute Gasteiger partial charge is 0.317 e. The largest absolute Gasteiger partial charge is 0.369 e. The first kappa shape index (κ1) is 20.2. The molecule has 2 atom stereocenters. The molecule has 1 aromatic rings. The van der Waals surface area contributed by atoms with Crippen molar-refractivity contribution in [2.45, 2.75) is 44.6 Å². The number of hydrogen-bond acceptors (Lipinski definition) is 3. The van der Waals surface area contributed by atoms with Crippen molar-refractivity contribution in [2.24, 2.45) is 11.7 Å². The molecule has 7 nitrogen and oxygen atoms in total. The Morgan fingerprint density at radius 2 is 1.71 bits per heavy atom. The Balaban J connectivity index is 1.48. The van der Waals surface area contributed by atoms with Crippen LogP contribution in [0.1, 0.15) is 44.1 Å². The summed E-state index contributed by atoms with van der Waals surface area (Å²) in [5.41, 5.74) is 6.39. The molecule has 1 aromatic carbocycles. The molecule has 0 aliphatic carbocycles. The maximum absolute atomic E-state index is 13.0. The number of carbonyl (C=O) groups excluding carboxylic acids is 3. The van der Waals surface area contributed by atoms with Crippen LogP contribution in [0.3, 0.4) is 0 Å². The highest BCUT2D eigenvalue weighted by Crippen LogP contribution is 2.24. The van der Waals surface area contributed by atoms with E-state index in [9.17, 15) is 14.4 Å². The summed E-state index contributed by atoms with van der Waals surface area (Å²) in [7, 11) is 0. The molecule has 0 bridgehead atoms. The number of nitrogens with two attached hydrogens (primary N) is 1. The van der Waals surface area contributed by atoms with Crippen LogP contribution in [0.15, 0.2) is 30.3 Å². The Morgan fingerprint density at radius 3 is 2.29 bits per heavy atom. The summed E-state index contributed by atoms with van der Waals surface area (Å²) in [5.74, 6) is -0.523. The highest BCUT2D eigenvalue weighted by atomic mass is 16.2. The number of carbonyl (C=O) groups is 3. The van der Waals surface area contributed by atoms with Crippen LogP contribution in [-0.4, -0.2) is 59.9 Å². The van der Waals surface area contributed by atoms with Gasteiger partial charge in [0.1, 0.15) is 0 Å². The van der Waals surface area contributed by atoms with Crippen molar-refractivity contribution in [3.05, 3.63) is 35.9 Å². The zero-order valence-electron chi connectivity index (χ0n) is 16.5. The number of nitrogens with one attached hydrogen (secondary N) is 1. The molecule has 0 spiro atoms. The van der Waals surface area contributed by atoms with Gasteiger partial charge in [-0.15, -0.1) is 0 Å². The third-order valence-electron chi connectivity index (χ3n) is 5.92. The minimum Gasteiger partial charge on any atom is -0.369 e. The van der Waals surface area contributed by atoms with E-state index in [0.29, 0.717) is 32.6 Å². The summed E-state index contributed by atoms with van der Waals surface area (Å²) >= 11 is 0. The van der Waals surface area contributed by atoms with Crippen molar-refractivity contribution in [2.75, 3.05) is 26.2 Å². The standard InChI is InChI=1S/C21H30N4O3/c1-2-18(15-6-4-3-5-7-15)20(27)24-12-9-17(10-13-24)23-21(28)25-11-8-16(14-25)19(22)26/h3-7,16-18H,2,8-14H2,1H3,(H2,22,26)(H,23,28)/t16-,18-/m1/s1. The van der Waals surface area contributed by atoms with Gasteiger partial charge in [-0.2, -0.15) is 0 Å². The van der Waals surface area contributed by atoms with E-state index in [2.05, 4.69) is 5.32 Å². The van der Waals surface area contributed by atoms with Crippen molar-refractivity contribution in [1.29, 1.82) is 0 Å². The molecular weight excluding hydrogens is 356 g/mol. The van der Waals surface area contributed by atoms with E-state index in [-0.39, 0.29) is 35.7 Å². The molecule has 7 heteroatoms. The fraction of sp³-hybridized carbons (Fsp3) is 0.571. The van der Waals surface area contributed by atoms with Gasteiger partial charge in [0.05, 0.1) is 11.8 Å². The molecule has 2 saturated heterocycles. The fourth-order valence-corrected chi connectivity index (χ4v) is 4.15. The maximum atomic E-state index is 13.0. The van der Waals surface area contributed by atoms with Gasteiger partial charge in [-0.25, -0.2) is 4.79 Å². The predicted molar refractivity (Wildman–Crippen MR) is 106 cm³/mol. The third-order valence-corrected chi connectivity index (χ3v) is 5.92. The average Bonchev–Trinajstić information content (AvgIpc) is 3.21. The van der Waals surface area contributed by atoms with E-state index in [4.69, 9.17) is 5.73 Å². The maximum Gasteiger partial charge on any atom is 0.317 e. The number of benzene rings is 1. The third kappa shape index (κ3) is 4.64. The molecule has 0 unspecified atom stereocenters. The van der Waals surface area contributed by atoms with Crippen LogP contribution in [-0.2, 0) is 9.59 Å². The van der Waals surface area contributed by atoms with Gasteiger partial charge < -0.3 is 20.9 Å². The van der Waals surface area contributed by atoms with Gasteiger partial charge in [0.15, 0.2) is 0 Å². The Morgan fingerprint density at radius 1 is 1.07 bits per heavy atom. The van der Waals surface area contributed by atoms with Crippen LogP contribution in [0.2, 0.25) is 0 Å². The number of piperidine rings is 1. The summed E-state index contributed by atoms with van der Waals surface area (Å²) in [6.45, 7) is 4.30. The minimum absolute atomic E-state index is 0.0565. The molecule has 3 rings (SSSR count). The Labute approximate surface area is 166 Å². The topological polar surface area (TPSA) is 95.7 Å². The number of likely N-dealkylation sites (tertiary alicyclic amines) is 2. The number of hydrogen-bond donors (Lipinski definition) is 2. The second-order valence-electron chi connectivity index (χ2n) is 7.75. The van der Waals surface area contributed by atoms with Gasteiger partial charge in [0.25, 0.3) is 0 Å². The first-order valence-corrected chi connectivity index (χ1v) is 10.2. The fourth-order valence-electron chi connectivity index (χ4n) is 4.15. The first-order chi connectivity index (χ1) is 13.5. The van der Waals surface area contributed by atoms with Crippen LogP contribution in [0.25, 0.3) is 0 Å². The van der Waals surface area contributed by atoms with E-state index < -0.39 is 0 Å². The van der Waals surface area contributed by atoms with E-state index in [1.165, 1.54) is 0 Å². The summed E-state index contributed by atoms with van der Waals surface area (Å²) in [4.78, 5) is 40.2. The second-order valence-corrected chi connectivity index (χ2v) is 7.75. The molecule has 2 heterocycles. The molecule has 0 saturated carbocycles. The van der Waals surface area contributed by atoms with Crippen molar-refractivity contribution >= 4 is 17.8 Å². The van der Waals surface area contributed by atoms with Gasteiger partial charge in [-0.1, -0.05) is 37.3 Å². The molecule has 2 aliphatic rings. The highest BCUT2D eigenvalue weighted by molar-refractivity contribution is 5.84. The Bertz CT molecular complexity index is 701. The molecular formula is C21H30N4O3. The van der Waals surface area contributed by atoms with E-state index in [1.807, 2.05) is 42.2 Å². The SMILES string of the molecule is CC[C@@H](C(=O)N1CCC(NC(=O)N2CC[C@@H](C(N)=O)C2)CC1)c1ccccc1. The summed E-state index contributed by atoms with van der Waals surface area (Å²) < 4.78 is 0. The Kier molecular flexibility index (Phi) is 6.54. The number of urea groups is 1. The normalized spacial score (nSPS) is 21.4. The zero-order chi connectivity index (χ0) is 20.1. The van der Waals surface area contributed by atoms with Crippen LogP contribution >= 0.6 is 0 Å². The summed E-state index contributed by atoms with van der Waals surface area (Å²) in [6, 6.07) is 9.83. The van der Waals surface area contributed by atoms with Gasteiger partial charge >= 0.3 is 6.03 Å². The lowest BCUT2D eigenvalue weighted by molar-refractivity contribution is -0.134. The number of rotatable bonds is 5. The molecule has 152 valence electrons. The molecule has 2 fully saturated rings. The van der Waals surface area contributed by atoms with Crippen molar-refractivity contribution in [3.8, 4) is 0 Å². The quantitative estimate of drug-likeness (QED) is 0.806. The van der Waals surface area contributed by atoms with Gasteiger partial charge in [-0.3, -0.25) is 9.59 Å². The van der Waals surface area contributed by atoms with Crippen LogP contribution in [0.5, 0.6) is 0 Å². The zero-order valence-corrected chi connectivity index (χ0v) is 16.5. The number of primary amides is 1. The van der Waals surface area contributed by atoms with Gasteiger partial charge in [0.2, 0.25) is 11.8 Å². The van der Waals surface area contributed by atoms with Crippen molar-refractivity contribution in [1.82, 2.24) is 15.1 Å². The van der Waals surface area contributed by atoms with Crippen LogP contribution < -0.4 is 11.1 Å². The lowest BCUT2D eigenvalue weighted by Gasteiger charge is -2.35. The van der Waals surface area contributed by atoms with Crippen LogP contribution in [0, 0.1) is 5.92 Å². The van der Waals surface area contributed by atoms with Crippen molar-refractivity contribution in [3.63, 3.8) is 0 Å². The molecule has 0 radical (unpaired) electrons. The molecule has 3 N–H and O–H groups in total. The second kappa shape index (κ2) is 9.08. The average molecular weight is 386 g/mol. The molecule has 0 aromatic heterocycles. The van der Waals surface area contributed by atoms with Crippen molar-refractivity contribution < 1.29 is 14.4 Å². The van der Waals surface area contributed by atoms with Gasteiger partial charge in [0, 0.05) is 32.2 Å². The molecule has 4 amide bonds. The first-order valence-electron chi connectivity index (χ1n) is 10.2. The summed E-state index contributed by atoms with van der Waals surface area (Å²) in [5, 5.41) is 3.05. The van der Waals surface area contributed by atoms with E-state index in [1.54, 1.807) is 4.90 Å². The van der Waals surface area contributed by atoms with E-state index >= 15 is 0 Å². The monoisotopic (exact) mass is 386 g/mol. The predicted octanol–water partition coefficient (Wildman–Crippen LogP) is 1.69. The number of amides is 4. The lowest BCUT2D eigenvalue weighted by atomic mass is 9.93. The lowest BCUT2D eigenvalue weighted by Crippen LogP contribution is -2.50.